The molecule has 1 N–H and O–H groups in total. The third-order valence-corrected chi connectivity index (χ3v) is 8.79. The van der Waals surface area contributed by atoms with Gasteiger partial charge in [-0.05, 0) is 118 Å². The molecule has 35 heavy (non-hydrogen) atoms. The smallest absolute Gasteiger partial charge is 0.264 e. The first-order valence-electron chi connectivity index (χ1n) is 12.5. The van der Waals surface area contributed by atoms with Gasteiger partial charge in [0.05, 0.1) is 12.2 Å². The van der Waals surface area contributed by atoms with Crippen molar-refractivity contribution in [2.24, 2.45) is 5.92 Å². The number of hydrogen-bond donors (Lipinski definition) is 1. The Balaban J connectivity index is 1.17. The number of carbonyl (C=O) groups excluding carboxylic acids is 1. The van der Waals surface area contributed by atoms with Crippen LogP contribution in [0.5, 0.6) is 5.75 Å². The number of hydrogen-bond acceptors (Lipinski definition) is 4. The van der Waals surface area contributed by atoms with Crippen molar-refractivity contribution in [1.29, 1.82) is 0 Å². The highest BCUT2D eigenvalue weighted by atomic mass is 35.5. The lowest BCUT2D eigenvalue weighted by molar-refractivity contribution is 0.0980. The van der Waals surface area contributed by atoms with Crippen molar-refractivity contribution in [3.05, 3.63) is 62.9 Å². The van der Waals surface area contributed by atoms with E-state index in [0.717, 1.165) is 62.7 Å². The van der Waals surface area contributed by atoms with Gasteiger partial charge in [0.1, 0.15) is 11.6 Å². The molecule has 0 aromatic heterocycles. The van der Waals surface area contributed by atoms with Crippen molar-refractivity contribution < 1.29 is 13.9 Å². The van der Waals surface area contributed by atoms with Crippen LogP contribution in [-0.2, 0) is 0 Å². The molecule has 2 aromatic rings. The Morgan fingerprint density at radius 3 is 2.40 bits per heavy atom. The fourth-order valence-corrected chi connectivity index (χ4v) is 6.00. The van der Waals surface area contributed by atoms with E-state index in [1.165, 1.54) is 18.0 Å². The average Bonchev–Trinajstić information content (AvgIpc) is 3.75. The molecule has 1 atom stereocenters. The van der Waals surface area contributed by atoms with E-state index in [0.29, 0.717) is 39.5 Å². The van der Waals surface area contributed by atoms with Crippen molar-refractivity contribution in [2.75, 3.05) is 19.7 Å². The van der Waals surface area contributed by atoms with Crippen LogP contribution < -0.4 is 9.46 Å². The molecule has 2 aromatic carbocycles. The molecule has 0 spiro atoms. The van der Waals surface area contributed by atoms with Crippen LogP contribution in [0.3, 0.4) is 0 Å². The Morgan fingerprint density at radius 2 is 1.77 bits per heavy atom. The molecule has 4 nitrogen and oxygen atoms in total. The van der Waals surface area contributed by atoms with E-state index in [4.69, 9.17) is 27.9 Å². The van der Waals surface area contributed by atoms with Gasteiger partial charge in [-0.25, -0.2) is 4.39 Å². The minimum absolute atomic E-state index is 0.121. The highest BCUT2D eigenvalue weighted by Gasteiger charge is 2.31. The summed E-state index contributed by atoms with van der Waals surface area (Å²) in [6.07, 6.45) is 6.37. The Morgan fingerprint density at radius 1 is 1.09 bits per heavy atom. The Kier molecular flexibility index (Phi) is 7.83. The summed E-state index contributed by atoms with van der Waals surface area (Å²) in [5.41, 5.74) is 2.22. The van der Waals surface area contributed by atoms with Crippen molar-refractivity contribution >= 4 is 41.1 Å². The molecule has 0 radical (unpaired) electrons. The molecule has 1 aliphatic heterocycles. The Hall–Kier alpha value is -1.47. The maximum atomic E-state index is 14.9. The SMILES string of the molecule is CC(c1cc(Cl)cc(Cl)c1)N1CCC(COc2cc(F)c(C(=O)NSC3CC3)cc2C2CC2)CC1. The Bertz CT molecular complexity index is 1060. The van der Waals surface area contributed by atoms with Crippen LogP contribution in [0.25, 0.3) is 0 Å². The molecule has 5 rings (SSSR count). The highest BCUT2D eigenvalue weighted by molar-refractivity contribution is 7.98. The molecule has 1 saturated heterocycles. The van der Waals surface area contributed by atoms with Gasteiger partial charge < -0.3 is 4.74 Å². The zero-order valence-electron chi connectivity index (χ0n) is 19.9. The summed E-state index contributed by atoms with van der Waals surface area (Å²) in [7, 11) is 0. The Labute approximate surface area is 221 Å². The molecule has 188 valence electrons. The predicted octanol–water partition coefficient (Wildman–Crippen LogP) is 7.40. The zero-order valence-corrected chi connectivity index (χ0v) is 22.2. The maximum Gasteiger partial charge on any atom is 0.264 e. The number of carbonyl (C=O) groups is 1. The van der Waals surface area contributed by atoms with E-state index in [-0.39, 0.29) is 17.5 Å². The average molecular weight is 538 g/mol. The summed E-state index contributed by atoms with van der Waals surface area (Å²) in [6.45, 7) is 4.67. The van der Waals surface area contributed by atoms with Gasteiger partial charge in [0.15, 0.2) is 0 Å². The molecule has 2 saturated carbocycles. The number of nitrogens with zero attached hydrogens (tertiary/aromatic N) is 1. The van der Waals surface area contributed by atoms with Gasteiger partial charge in [-0.2, -0.15) is 0 Å². The molecule has 1 unspecified atom stereocenters. The fraction of sp³-hybridized carbons (Fsp3) is 0.519. The van der Waals surface area contributed by atoms with Gasteiger partial charge in [0.25, 0.3) is 5.91 Å². The number of amides is 1. The number of benzene rings is 2. The van der Waals surface area contributed by atoms with E-state index < -0.39 is 5.82 Å². The molecule has 2 aliphatic carbocycles. The van der Waals surface area contributed by atoms with E-state index in [9.17, 15) is 9.18 Å². The second kappa shape index (κ2) is 10.9. The van der Waals surface area contributed by atoms with Crippen molar-refractivity contribution in [3.63, 3.8) is 0 Å². The summed E-state index contributed by atoms with van der Waals surface area (Å²) in [6, 6.07) is 9.09. The number of ether oxygens (including phenoxy) is 1. The van der Waals surface area contributed by atoms with E-state index in [2.05, 4.69) is 16.5 Å². The summed E-state index contributed by atoms with van der Waals surface area (Å²) in [4.78, 5) is 14.9. The number of likely N-dealkylation sites (tertiary alicyclic amines) is 1. The van der Waals surface area contributed by atoms with Crippen molar-refractivity contribution in [1.82, 2.24) is 9.62 Å². The minimum atomic E-state index is -0.512. The number of rotatable bonds is 9. The summed E-state index contributed by atoms with van der Waals surface area (Å²) >= 11 is 13.8. The molecular formula is C27H31Cl2FN2O2S. The molecule has 1 amide bonds. The first kappa shape index (κ1) is 25.2. The molecule has 8 heteroatoms. The highest BCUT2D eigenvalue weighted by Crippen LogP contribution is 2.45. The standard InChI is InChI=1S/C27H31Cl2FN2O2S/c1-16(19-10-20(28)12-21(29)11-19)32-8-6-17(7-9-32)15-34-26-14-25(30)24(13-23(26)18-2-3-18)27(33)31-35-22-4-5-22/h10-14,16-18,22H,2-9,15H2,1H3,(H,31,33). The van der Waals surface area contributed by atoms with Crippen LogP contribution in [0.2, 0.25) is 10.0 Å². The molecule has 0 bridgehead atoms. The van der Waals surface area contributed by atoms with Gasteiger partial charge in [0.2, 0.25) is 0 Å². The first-order chi connectivity index (χ1) is 16.9. The van der Waals surface area contributed by atoms with Crippen LogP contribution in [0.1, 0.15) is 78.9 Å². The first-order valence-corrected chi connectivity index (χ1v) is 14.1. The van der Waals surface area contributed by atoms with E-state index in [1.54, 1.807) is 12.1 Å². The number of nitrogens with one attached hydrogen (secondary N) is 1. The largest absolute Gasteiger partial charge is 0.493 e. The van der Waals surface area contributed by atoms with Crippen LogP contribution in [-0.4, -0.2) is 35.8 Å². The van der Waals surface area contributed by atoms with Gasteiger partial charge in [-0.15, -0.1) is 0 Å². The number of piperidine rings is 1. The summed E-state index contributed by atoms with van der Waals surface area (Å²) in [5.74, 6) is 0.508. The lowest BCUT2D eigenvalue weighted by Crippen LogP contribution is -2.37. The lowest BCUT2D eigenvalue weighted by Gasteiger charge is -2.36. The third-order valence-electron chi connectivity index (χ3n) is 7.24. The van der Waals surface area contributed by atoms with Crippen LogP contribution in [0, 0.1) is 11.7 Å². The normalized spacial score (nSPS) is 20.0. The van der Waals surface area contributed by atoms with Crippen LogP contribution >= 0.6 is 35.1 Å². The quantitative estimate of drug-likeness (QED) is 0.339. The van der Waals surface area contributed by atoms with Gasteiger partial charge in [0, 0.05) is 27.4 Å². The topological polar surface area (TPSA) is 41.6 Å². The zero-order chi connectivity index (χ0) is 24.5. The van der Waals surface area contributed by atoms with Crippen molar-refractivity contribution in [3.8, 4) is 5.75 Å². The third kappa shape index (κ3) is 6.46. The van der Waals surface area contributed by atoms with Gasteiger partial charge in [-0.1, -0.05) is 23.2 Å². The maximum absolute atomic E-state index is 14.9. The van der Waals surface area contributed by atoms with Crippen LogP contribution in [0.15, 0.2) is 30.3 Å². The van der Waals surface area contributed by atoms with Gasteiger partial charge >= 0.3 is 0 Å². The molecule has 3 aliphatic rings. The molecule has 1 heterocycles. The summed E-state index contributed by atoms with van der Waals surface area (Å²) < 4.78 is 23.8. The lowest BCUT2D eigenvalue weighted by atomic mass is 9.95. The fourth-order valence-electron chi connectivity index (χ4n) is 4.70. The summed E-state index contributed by atoms with van der Waals surface area (Å²) in [5, 5.41) is 1.79. The van der Waals surface area contributed by atoms with E-state index >= 15 is 0 Å². The van der Waals surface area contributed by atoms with Crippen LogP contribution in [0.4, 0.5) is 4.39 Å². The second-order valence-corrected chi connectivity index (χ2v) is 12.0. The monoisotopic (exact) mass is 536 g/mol. The predicted molar refractivity (Wildman–Crippen MR) is 141 cm³/mol. The van der Waals surface area contributed by atoms with E-state index in [1.807, 2.05) is 12.1 Å². The van der Waals surface area contributed by atoms with Crippen molar-refractivity contribution in [2.45, 2.75) is 62.7 Å². The molecular weight excluding hydrogens is 506 g/mol. The second-order valence-electron chi connectivity index (χ2n) is 10.1. The molecule has 3 fully saturated rings. The van der Waals surface area contributed by atoms with Gasteiger partial charge in [-0.3, -0.25) is 14.4 Å². The number of halogens is 3. The minimum Gasteiger partial charge on any atom is -0.493 e.